The van der Waals surface area contributed by atoms with E-state index in [1.807, 2.05) is 6.07 Å². The van der Waals surface area contributed by atoms with E-state index in [0.29, 0.717) is 33.4 Å². The van der Waals surface area contributed by atoms with Crippen molar-refractivity contribution in [3.63, 3.8) is 0 Å². The number of sulfonamides is 1. The van der Waals surface area contributed by atoms with Gasteiger partial charge in [0, 0.05) is 36.7 Å². The molecule has 0 aliphatic heterocycles. The molecule has 6 rings (SSSR count). The van der Waals surface area contributed by atoms with Crippen LogP contribution < -0.4 is 14.4 Å². The second-order valence-corrected chi connectivity index (χ2v) is 12.4. The Balaban J connectivity index is 1.63. The van der Waals surface area contributed by atoms with Crippen LogP contribution in [0.2, 0.25) is 0 Å². The number of hydrogen-bond acceptors (Lipinski definition) is 8. The van der Waals surface area contributed by atoms with Crippen molar-refractivity contribution in [3.05, 3.63) is 89.5 Å². The normalized spacial score (nSPS) is 11.5. The molecular weight excluding hydrogens is 618 g/mol. The highest BCUT2D eigenvalue weighted by atomic mass is 32.2. The summed E-state index contributed by atoms with van der Waals surface area (Å²) >= 11 is 0. The van der Waals surface area contributed by atoms with Crippen LogP contribution in [0.3, 0.4) is 0 Å². The number of fused-ring (bicyclic) bond motifs is 2. The van der Waals surface area contributed by atoms with Crippen molar-refractivity contribution in [2.45, 2.75) is 0 Å². The lowest BCUT2D eigenvalue weighted by molar-refractivity contribution is 0.0964. The zero-order valence-electron chi connectivity index (χ0n) is 24.8. The van der Waals surface area contributed by atoms with Crippen molar-refractivity contribution >= 4 is 43.7 Å². The van der Waals surface area contributed by atoms with Gasteiger partial charge in [0.15, 0.2) is 11.4 Å². The summed E-state index contributed by atoms with van der Waals surface area (Å²) in [7, 11) is 0.478. The highest BCUT2D eigenvalue weighted by molar-refractivity contribution is 7.92. The Labute approximate surface area is 261 Å². The fourth-order valence-corrected chi connectivity index (χ4v) is 5.68. The van der Waals surface area contributed by atoms with E-state index in [9.17, 15) is 27.3 Å². The van der Waals surface area contributed by atoms with E-state index in [1.54, 1.807) is 24.3 Å². The molecule has 0 saturated heterocycles. The highest BCUT2D eigenvalue weighted by Crippen LogP contribution is 2.43. The summed E-state index contributed by atoms with van der Waals surface area (Å²) < 4.78 is 72.6. The predicted molar refractivity (Wildman–Crippen MR) is 168 cm³/mol. The molecule has 0 unspecified atom stereocenters. The van der Waals surface area contributed by atoms with Gasteiger partial charge in [-0.25, -0.2) is 22.2 Å². The van der Waals surface area contributed by atoms with Gasteiger partial charge in [0.2, 0.25) is 15.9 Å². The first-order valence-corrected chi connectivity index (χ1v) is 15.5. The minimum absolute atomic E-state index is 0.00487. The van der Waals surface area contributed by atoms with Crippen molar-refractivity contribution in [1.82, 2.24) is 10.3 Å². The summed E-state index contributed by atoms with van der Waals surface area (Å²) in [6.45, 7) is 0. The number of halogens is 2. The molecule has 0 spiro atoms. The summed E-state index contributed by atoms with van der Waals surface area (Å²) in [6, 6.07) is 17.8. The van der Waals surface area contributed by atoms with E-state index in [4.69, 9.17) is 13.6 Å². The Kier molecular flexibility index (Phi) is 7.45. The zero-order chi connectivity index (χ0) is 32.9. The number of nitriles is 1. The molecule has 0 fully saturated rings. The molecule has 1 N–H and O–H groups in total. The van der Waals surface area contributed by atoms with Gasteiger partial charge in [0.1, 0.15) is 28.4 Å². The molecule has 0 aliphatic rings. The van der Waals surface area contributed by atoms with Crippen molar-refractivity contribution < 1.29 is 35.6 Å². The van der Waals surface area contributed by atoms with Crippen molar-refractivity contribution in [2.24, 2.45) is 0 Å². The van der Waals surface area contributed by atoms with Gasteiger partial charge in [-0.3, -0.25) is 9.10 Å². The summed E-state index contributed by atoms with van der Waals surface area (Å²) in [5.41, 5.74) is 2.24. The predicted octanol–water partition coefficient (Wildman–Crippen LogP) is 6.49. The van der Waals surface area contributed by atoms with Gasteiger partial charge in [-0.05, 0) is 60.2 Å². The van der Waals surface area contributed by atoms with Crippen LogP contribution in [0.25, 0.3) is 56.0 Å². The number of hydrogen-bond donors (Lipinski definition) is 1. The number of methoxy groups -OCH3 is 1. The molecule has 0 saturated carbocycles. The van der Waals surface area contributed by atoms with Gasteiger partial charge in [-0.15, -0.1) is 0 Å². The number of nitrogens with one attached hydrogen (secondary N) is 1. The van der Waals surface area contributed by atoms with Crippen molar-refractivity contribution in [2.75, 3.05) is 31.8 Å². The summed E-state index contributed by atoms with van der Waals surface area (Å²) in [4.78, 5) is 17.6. The minimum atomic E-state index is -3.79. The van der Waals surface area contributed by atoms with Crippen LogP contribution >= 0.6 is 0 Å². The number of amides is 1. The smallest absolute Gasteiger partial charge is 0.255 e. The Bertz CT molecular complexity index is 2340. The fourth-order valence-electron chi connectivity index (χ4n) is 5.17. The molecule has 0 atom stereocenters. The van der Waals surface area contributed by atoms with Crippen molar-refractivity contribution in [1.29, 1.82) is 5.26 Å². The third-order valence-corrected chi connectivity index (χ3v) is 8.71. The molecule has 0 bridgehead atoms. The second kappa shape index (κ2) is 11.3. The topological polar surface area (TPSA) is 139 Å². The van der Waals surface area contributed by atoms with Crippen LogP contribution in [0, 0.1) is 23.0 Å². The molecule has 0 radical (unpaired) electrons. The number of carbonyl (C=O) groups excluding carboxylic acids is 1. The number of oxazole rings is 1. The van der Waals surface area contributed by atoms with E-state index in [0.717, 1.165) is 16.6 Å². The van der Waals surface area contributed by atoms with Crippen LogP contribution in [0.15, 0.2) is 75.6 Å². The van der Waals surface area contributed by atoms with Gasteiger partial charge in [0.05, 0.1) is 41.8 Å². The first kappa shape index (κ1) is 30.3. The van der Waals surface area contributed by atoms with E-state index >= 15 is 0 Å². The average molecular weight is 643 g/mol. The van der Waals surface area contributed by atoms with E-state index in [-0.39, 0.29) is 45.1 Å². The molecule has 1 amide bonds. The molecular formula is C33H24F2N4O6S. The Morgan fingerprint density at radius 2 is 1.72 bits per heavy atom. The number of rotatable bonds is 7. The lowest BCUT2D eigenvalue weighted by atomic mass is 9.97. The first-order valence-electron chi connectivity index (χ1n) is 13.6. The number of furan rings is 1. The van der Waals surface area contributed by atoms with E-state index in [2.05, 4.69) is 10.3 Å². The zero-order valence-corrected chi connectivity index (χ0v) is 25.6. The van der Waals surface area contributed by atoms with Crippen LogP contribution in [0.1, 0.15) is 15.9 Å². The molecule has 10 nitrogen and oxygen atoms in total. The molecule has 232 valence electrons. The van der Waals surface area contributed by atoms with Gasteiger partial charge in [-0.1, -0.05) is 6.07 Å². The summed E-state index contributed by atoms with van der Waals surface area (Å²) in [5, 5.41) is 12.2. The molecule has 6 aromatic rings. The molecule has 2 aromatic heterocycles. The largest absolute Gasteiger partial charge is 0.496 e. The maximum Gasteiger partial charge on any atom is 0.255 e. The number of ether oxygens (including phenoxy) is 1. The lowest BCUT2D eigenvalue weighted by Gasteiger charge is -2.21. The fraction of sp³-hybridized carbons (Fsp3) is 0.121. The van der Waals surface area contributed by atoms with Gasteiger partial charge in [0.25, 0.3) is 5.91 Å². The SMILES string of the molecule is CNC(=O)c1c(-c2ccc(F)cc2)oc2cc(N(C)S(C)(=O)=O)c(-c3ccc(OC)c(-c4nc5cc(C#N)cc(F)c5o4)c3)cc12. The standard InChI is InChI=1S/C33H24F2N4O6S/c1-37-32(40)29-22-14-21(26(39(2)46(4,41)42)15-28(22)44-30(29)18-5-8-20(34)9-6-18)19-7-10-27(43-3)23(13-19)33-38-25-12-17(16-36)11-24(35)31(25)45-33/h5-15H,1-4H3,(H,37,40). The maximum absolute atomic E-state index is 14.7. The van der Waals surface area contributed by atoms with Gasteiger partial charge >= 0.3 is 0 Å². The molecule has 2 heterocycles. The average Bonchev–Trinajstić information content (AvgIpc) is 3.65. The minimum Gasteiger partial charge on any atom is -0.496 e. The Morgan fingerprint density at radius 1 is 1.00 bits per heavy atom. The second-order valence-electron chi connectivity index (χ2n) is 10.3. The monoisotopic (exact) mass is 642 g/mol. The van der Waals surface area contributed by atoms with Crippen molar-refractivity contribution in [3.8, 4) is 45.7 Å². The van der Waals surface area contributed by atoms with Crippen LogP contribution in [-0.4, -0.2) is 46.8 Å². The van der Waals surface area contributed by atoms with Crippen LogP contribution in [0.4, 0.5) is 14.5 Å². The summed E-state index contributed by atoms with van der Waals surface area (Å²) in [6.07, 6.45) is 1.05. The van der Waals surface area contributed by atoms with Gasteiger partial charge in [-0.2, -0.15) is 5.26 Å². The number of anilines is 1. The molecule has 4 aromatic carbocycles. The van der Waals surface area contributed by atoms with Crippen LogP contribution in [-0.2, 0) is 10.0 Å². The van der Waals surface area contributed by atoms with E-state index < -0.39 is 27.6 Å². The Morgan fingerprint density at radius 3 is 2.37 bits per heavy atom. The van der Waals surface area contributed by atoms with Gasteiger partial charge < -0.3 is 18.9 Å². The number of carbonyl (C=O) groups is 1. The molecule has 13 heteroatoms. The number of benzene rings is 4. The number of nitrogens with zero attached hydrogens (tertiary/aromatic N) is 3. The van der Waals surface area contributed by atoms with Crippen LogP contribution in [0.5, 0.6) is 5.75 Å². The third-order valence-electron chi connectivity index (χ3n) is 7.52. The number of aromatic nitrogens is 1. The van der Waals surface area contributed by atoms with E-state index in [1.165, 1.54) is 57.6 Å². The quantitative estimate of drug-likeness (QED) is 0.209. The third kappa shape index (κ3) is 5.18. The maximum atomic E-state index is 14.7. The molecule has 46 heavy (non-hydrogen) atoms. The molecule has 0 aliphatic carbocycles. The Hall–Kier alpha value is -5.74. The summed E-state index contributed by atoms with van der Waals surface area (Å²) in [5.74, 6) is -1.22. The highest BCUT2D eigenvalue weighted by Gasteiger charge is 2.27. The lowest BCUT2D eigenvalue weighted by Crippen LogP contribution is -2.25. The first-order chi connectivity index (χ1) is 21.9.